The third kappa shape index (κ3) is 4.71. The van der Waals surface area contributed by atoms with E-state index in [-0.39, 0.29) is 17.7 Å². The maximum Gasteiger partial charge on any atom is 0.165 e. The van der Waals surface area contributed by atoms with Crippen molar-refractivity contribution >= 4 is 0 Å². The van der Waals surface area contributed by atoms with Crippen LogP contribution in [0.2, 0.25) is 0 Å². The van der Waals surface area contributed by atoms with Gasteiger partial charge in [-0.2, -0.15) is 0 Å². The van der Waals surface area contributed by atoms with E-state index >= 15 is 0 Å². The molecule has 134 valence electrons. The van der Waals surface area contributed by atoms with E-state index in [0.717, 1.165) is 30.8 Å². The van der Waals surface area contributed by atoms with Gasteiger partial charge in [-0.25, -0.2) is 4.39 Å². The molecule has 0 bridgehead atoms. The van der Waals surface area contributed by atoms with Crippen molar-refractivity contribution in [2.24, 2.45) is 0 Å². The minimum atomic E-state index is -0.317. The fraction of sp³-hybridized carbons (Fsp3) is 0.400. The van der Waals surface area contributed by atoms with Gasteiger partial charge < -0.3 is 14.2 Å². The maximum absolute atomic E-state index is 13.9. The average molecular weight is 345 g/mol. The van der Waals surface area contributed by atoms with Crippen LogP contribution in [-0.2, 0) is 17.7 Å². The Bertz CT molecular complexity index is 690. The Labute approximate surface area is 148 Å². The van der Waals surface area contributed by atoms with E-state index in [1.807, 2.05) is 18.2 Å². The van der Waals surface area contributed by atoms with Crippen molar-refractivity contribution in [1.82, 2.24) is 4.90 Å². The van der Waals surface area contributed by atoms with Gasteiger partial charge in [-0.3, -0.25) is 4.90 Å². The van der Waals surface area contributed by atoms with Crippen molar-refractivity contribution < 1.29 is 18.6 Å². The molecule has 2 aromatic carbocycles. The Balaban J connectivity index is 1.57. The smallest absolute Gasteiger partial charge is 0.165 e. The van der Waals surface area contributed by atoms with Crippen LogP contribution in [0.25, 0.3) is 0 Å². The predicted molar refractivity (Wildman–Crippen MR) is 94.7 cm³/mol. The van der Waals surface area contributed by atoms with Crippen molar-refractivity contribution in [2.45, 2.75) is 19.1 Å². The largest absolute Gasteiger partial charge is 0.497 e. The highest BCUT2D eigenvalue weighted by Crippen LogP contribution is 2.20. The number of benzene rings is 2. The minimum absolute atomic E-state index is 0.144. The van der Waals surface area contributed by atoms with Crippen LogP contribution in [0.15, 0.2) is 42.5 Å². The topological polar surface area (TPSA) is 30.9 Å². The Morgan fingerprint density at radius 1 is 1.08 bits per heavy atom. The predicted octanol–water partition coefficient (Wildman–Crippen LogP) is 3.29. The number of morpholine rings is 1. The molecule has 2 aromatic rings. The molecule has 0 N–H and O–H groups in total. The summed E-state index contributed by atoms with van der Waals surface area (Å²) in [5, 5.41) is 0. The summed E-state index contributed by atoms with van der Waals surface area (Å²) in [6.45, 7) is 3.09. The second-order valence-corrected chi connectivity index (χ2v) is 6.25. The summed E-state index contributed by atoms with van der Waals surface area (Å²) >= 11 is 0. The highest BCUT2D eigenvalue weighted by atomic mass is 19.1. The quantitative estimate of drug-likeness (QED) is 0.804. The molecule has 0 amide bonds. The number of hydrogen-bond acceptors (Lipinski definition) is 4. The summed E-state index contributed by atoms with van der Waals surface area (Å²) < 4.78 is 29.9. The summed E-state index contributed by atoms with van der Waals surface area (Å²) in [4.78, 5) is 2.30. The van der Waals surface area contributed by atoms with Crippen molar-refractivity contribution in [1.29, 1.82) is 0 Å². The number of ether oxygens (including phenoxy) is 3. The van der Waals surface area contributed by atoms with Crippen LogP contribution in [0.5, 0.6) is 11.5 Å². The van der Waals surface area contributed by atoms with Crippen LogP contribution in [0.1, 0.15) is 11.1 Å². The molecule has 3 rings (SSSR count). The Morgan fingerprint density at radius 2 is 1.84 bits per heavy atom. The summed E-state index contributed by atoms with van der Waals surface area (Å²) in [5.74, 6) is 0.822. The van der Waals surface area contributed by atoms with E-state index in [1.165, 1.54) is 12.7 Å². The molecule has 1 saturated heterocycles. The van der Waals surface area contributed by atoms with Crippen LogP contribution in [0.3, 0.4) is 0 Å². The third-order valence-electron chi connectivity index (χ3n) is 4.47. The fourth-order valence-electron chi connectivity index (χ4n) is 3.14. The number of rotatable bonds is 6. The molecule has 1 atom stereocenters. The van der Waals surface area contributed by atoms with Gasteiger partial charge in [-0.15, -0.1) is 0 Å². The zero-order valence-electron chi connectivity index (χ0n) is 14.7. The van der Waals surface area contributed by atoms with E-state index in [2.05, 4.69) is 17.0 Å². The first kappa shape index (κ1) is 17.7. The molecule has 0 radical (unpaired) electrons. The first-order valence-corrected chi connectivity index (χ1v) is 8.47. The molecule has 0 spiro atoms. The lowest BCUT2D eigenvalue weighted by Gasteiger charge is -2.33. The molecule has 5 heteroatoms. The lowest BCUT2D eigenvalue weighted by molar-refractivity contribution is -0.0305. The van der Waals surface area contributed by atoms with Gasteiger partial charge in [0.2, 0.25) is 0 Å². The summed E-state index contributed by atoms with van der Waals surface area (Å²) in [5.41, 5.74) is 2.17. The maximum atomic E-state index is 13.9. The molecular weight excluding hydrogens is 321 g/mol. The molecule has 1 aliphatic rings. The second-order valence-electron chi connectivity index (χ2n) is 6.25. The fourth-order valence-corrected chi connectivity index (χ4v) is 3.14. The molecule has 0 unspecified atom stereocenters. The molecule has 0 aliphatic carbocycles. The average Bonchev–Trinajstić information content (AvgIpc) is 2.63. The Morgan fingerprint density at radius 3 is 2.52 bits per heavy atom. The summed E-state index contributed by atoms with van der Waals surface area (Å²) in [6.07, 6.45) is 1.00. The number of halogens is 1. The standard InChI is InChI=1S/C20H24FNO3/c1-23-17-6-3-15(4-7-17)11-18-14-22(9-10-25-18)13-16-5-8-20(24-2)19(21)12-16/h3-8,12,18H,9-11,13-14H2,1-2H3/t18-/m1/s1. The normalized spacial score (nSPS) is 18.1. The zero-order valence-corrected chi connectivity index (χ0v) is 14.7. The van der Waals surface area contributed by atoms with Gasteiger partial charge in [0.05, 0.1) is 26.9 Å². The van der Waals surface area contributed by atoms with Gasteiger partial charge in [0.25, 0.3) is 0 Å². The molecular formula is C20H24FNO3. The summed E-state index contributed by atoms with van der Waals surface area (Å²) in [7, 11) is 3.14. The van der Waals surface area contributed by atoms with Crippen molar-refractivity contribution in [3.63, 3.8) is 0 Å². The van der Waals surface area contributed by atoms with Gasteiger partial charge in [0.15, 0.2) is 11.6 Å². The molecule has 0 saturated carbocycles. The summed E-state index contributed by atoms with van der Waals surface area (Å²) in [6, 6.07) is 13.2. The first-order valence-electron chi connectivity index (χ1n) is 8.47. The molecule has 25 heavy (non-hydrogen) atoms. The number of hydrogen-bond donors (Lipinski definition) is 0. The van der Waals surface area contributed by atoms with Crippen molar-refractivity contribution in [3.8, 4) is 11.5 Å². The first-order chi connectivity index (χ1) is 12.2. The van der Waals surface area contributed by atoms with Crippen LogP contribution in [0, 0.1) is 5.82 Å². The van der Waals surface area contributed by atoms with Gasteiger partial charge in [-0.1, -0.05) is 18.2 Å². The molecule has 1 heterocycles. The Hall–Kier alpha value is -2.11. The van der Waals surface area contributed by atoms with Crippen LogP contribution in [0.4, 0.5) is 4.39 Å². The van der Waals surface area contributed by atoms with Crippen LogP contribution in [-0.4, -0.2) is 44.9 Å². The minimum Gasteiger partial charge on any atom is -0.497 e. The highest BCUT2D eigenvalue weighted by molar-refractivity contribution is 5.29. The van der Waals surface area contributed by atoms with E-state index in [1.54, 1.807) is 19.2 Å². The zero-order chi connectivity index (χ0) is 17.6. The van der Waals surface area contributed by atoms with E-state index in [0.29, 0.717) is 13.2 Å². The number of methoxy groups -OCH3 is 2. The van der Waals surface area contributed by atoms with E-state index in [4.69, 9.17) is 14.2 Å². The van der Waals surface area contributed by atoms with Gasteiger partial charge >= 0.3 is 0 Å². The van der Waals surface area contributed by atoms with Crippen LogP contribution >= 0.6 is 0 Å². The van der Waals surface area contributed by atoms with Gasteiger partial charge in [0, 0.05) is 19.6 Å². The molecule has 0 aromatic heterocycles. The van der Waals surface area contributed by atoms with Crippen molar-refractivity contribution in [2.75, 3.05) is 33.9 Å². The molecule has 1 fully saturated rings. The van der Waals surface area contributed by atoms with Gasteiger partial charge in [-0.05, 0) is 41.8 Å². The third-order valence-corrected chi connectivity index (χ3v) is 4.47. The van der Waals surface area contributed by atoms with E-state index < -0.39 is 0 Å². The van der Waals surface area contributed by atoms with Crippen molar-refractivity contribution in [3.05, 3.63) is 59.4 Å². The molecule has 4 nitrogen and oxygen atoms in total. The second kappa shape index (κ2) is 8.32. The molecule has 1 aliphatic heterocycles. The highest BCUT2D eigenvalue weighted by Gasteiger charge is 2.21. The monoisotopic (exact) mass is 345 g/mol. The van der Waals surface area contributed by atoms with Crippen LogP contribution < -0.4 is 9.47 Å². The SMILES string of the molecule is COc1ccc(C[C@@H]2CN(Cc3ccc(OC)c(F)c3)CCO2)cc1. The van der Waals surface area contributed by atoms with Gasteiger partial charge in [0.1, 0.15) is 5.75 Å². The lowest BCUT2D eigenvalue weighted by atomic mass is 10.1. The lowest BCUT2D eigenvalue weighted by Crippen LogP contribution is -2.42. The van der Waals surface area contributed by atoms with E-state index in [9.17, 15) is 4.39 Å². The Kier molecular flexibility index (Phi) is 5.89. The number of nitrogens with zero attached hydrogens (tertiary/aromatic N) is 1.